The molecule has 11 heteroatoms. The van der Waals surface area contributed by atoms with E-state index < -0.39 is 28.5 Å². The molecule has 0 bridgehead atoms. The van der Waals surface area contributed by atoms with Crippen LogP contribution in [0.5, 0.6) is 0 Å². The summed E-state index contributed by atoms with van der Waals surface area (Å²) < 4.78 is 10.3. The van der Waals surface area contributed by atoms with Gasteiger partial charge in [-0.25, -0.2) is 4.79 Å². The number of ether oxygens (including phenoxy) is 2. The molecule has 0 aliphatic carbocycles. The smallest absolute Gasteiger partial charge is 0.407 e. The molecule has 0 aliphatic heterocycles. The van der Waals surface area contributed by atoms with Crippen molar-refractivity contribution in [3.63, 3.8) is 0 Å². The van der Waals surface area contributed by atoms with E-state index >= 15 is 0 Å². The lowest BCUT2D eigenvalue weighted by atomic mass is 9.94. The summed E-state index contributed by atoms with van der Waals surface area (Å²) in [4.78, 5) is 47.3. The second kappa shape index (κ2) is 15.2. The quantitative estimate of drug-likeness (QED) is 0.197. The summed E-state index contributed by atoms with van der Waals surface area (Å²) in [6, 6.07) is -0.730. The molecule has 0 aliphatic rings. The number of alkyl carbamates (subject to hydrolysis) is 1. The Labute approximate surface area is 215 Å². The maximum atomic E-state index is 12.3. The predicted molar refractivity (Wildman–Crippen MR) is 138 cm³/mol. The third-order valence-corrected chi connectivity index (χ3v) is 4.93. The SMILES string of the molecule is CCCNC(=O)CC(C)(S)COCC(C)(C)CNC(=O)CC[C@@H](CC(=O)O)NC(=O)OC(C)(C)C. The molecule has 0 radical (unpaired) electrons. The van der Waals surface area contributed by atoms with Crippen LogP contribution in [0.25, 0.3) is 0 Å². The van der Waals surface area contributed by atoms with Crippen molar-refractivity contribution >= 4 is 36.5 Å². The lowest BCUT2D eigenvalue weighted by Crippen LogP contribution is -2.42. The number of carboxylic acids is 1. The Morgan fingerprint density at radius 2 is 1.60 bits per heavy atom. The fraction of sp³-hybridized carbons (Fsp3) is 0.833. The van der Waals surface area contributed by atoms with Gasteiger partial charge in [0.1, 0.15) is 5.60 Å². The highest BCUT2D eigenvalue weighted by Crippen LogP contribution is 2.21. The number of amides is 3. The van der Waals surface area contributed by atoms with Gasteiger partial charge in [0.15, 0.2) is 0 Å². The molecule has 0 aromatic heterocycles. The van der Waals surface area contributed by atoms with Crippen molar-refractivity contribution in [2.45, 2.75) is 97.0 Å². The van der Waals surface area contributed by atoms with Crippen LogP contribution in [0.3, 0.4) is 0 Å². The van der Waals surface area contributed by atoms with E-state index in [4.69, 9.17) is 14.6 Å². The zero-order chi connectivity index (χ0) is 27.3. The zero-order valence-corrected chi connectivity index (χ0v) is 23.2. The minimum Gasteiger partial charge on any atom is -0.481 e. The lowest BCUT2D eigenvalue weighted by molar-refractivity contribution is -0.137. The van der Waals surface area contributed by atoms with Crippen LogP contribution in [0.4, 0.5) is 4.79 Å². The number of hydrogen-bond acceptors (Lipinski definition) is 7. The first kappa shape index (κ1) is 33.0. The summed E-state index contributed by atoms with van der Waals surface area (Å²) in [6.45, 7) is 14.4. The standard InChI is InChI=1S/C24H45N3O7S/c1-8-11-25-19(29)13-24(7,35)16-33-15-23(5,6)14-26-18(28)10-9-17(12-20(30)31)27-21(32)34-22(2,3)4/h17,35H,8-16H2,1-7H3,(H,25,29)(H,26,28)(H,27,32)(H,30,31)/t17-,24?/m0/s1. The minimum atomic E-state index is -1.08. The first-order valence-corrected chi connectivity index (χ1v) is 12.4. The minimum absolute atomic E-state index is 0.0479. The van der Waals surface area contributed by atoms with Crippen LogP contribution in [-0.4, -0.2) is 71.7 Å². The van der Waals surface area contributed by atoms with E-state index in [1.165, 1.54) is 0 Å². The molecular weight excluding hydrogens is 474 g/mol. The number of thiol groups is 1. The molecule has 10 nitrogen and oxygen atoms in total. The molecular formula is C24H45N3O7S. The van der Waals surface area contributed by atoms with Crippen LogP contribution in [-0.2, 0) is 23.9 Å². The monoisotopic (exact) mass is 519 g/mol. The van der Waals surface area contributed by atoms with Gasteiger partial charge in [-0.1, -0.05) is 20.8 Å². The Hall–Kier alpha value is -2.01. The first-order chi connectivity index (χ1) is 15.9. The molecule has 4 N–H and O–H groups in total. The molecule has 2 atom stereocenters. The van der Waals surface area contributed by atoms with Crippen LogP contribution >= 0.6 is 12.6 Å². The summed E-state index contributed by atoms with van der Waals surface area (Å²) in [5, 5.41) is 17.3. The fourth-order valence-corrected chi connectivity index (χ4v) is 3.20. The molecule has 0 fully saturated rings. The summed E-state index contributed by atoms with van der Waals surface area (Å²) in [5.74, 6) is -1.41. The molecule has 204 valence electrons. The molecule has 0 aromatic rings. The number of nitrogens with one attached hydrogen (secondary N) is 3. The maximum absolute atomic E-state index is 12.3. The van der Waals surface area contributed by atoms with Gasteiger partial charge in [-0.3, -0.25) is 14.4 Å². The van der Waals surface area contributed by atoms with Crippen molar-refractivity contribution in [2.75, 3.05) is 26.3 Å². The van der Waals surface area contributed by atoms with Gasteiger partial charge in [0.2, 0.25) is 11.8 Å². The third kappa shape index (κ3) is 18.9. The van der Waals surface area contributed by atoms with Crippen LogP contribution in [0, 0.1) is 5.41 Å². The van der Waals surface area contributed by atoms with E-state index in [1.807, 2.05) is 27.7 Å². The van der Waals surface area contributed by atoms with Crippen molar-refractivity contribution < 1.29 is 33.8 Å². The van der Waals surface area contributed by atoms with Gasteiger partial charge in [0, 0.05) is 42.1 Å². The van der Waals surface area contributed by atoms with Gasteiger partial charge in [-0.05, 0) is 40.5 Å². The molecule has 0 saturated carbocycles. The number of rotatable bonds is 16. The van der Waals surface area contributed by atoms with E-state index in [1.54, 1.807) is 20.8 Å². The predicted octanol–water partition coefficient (Wildman–Crippen LogP) is 2.90. The van der Waals surface area contributed by atoms with Crippen LogP contribution < -0.4 is 16.0 Å². The average molecular weight is 520 g/mol. The van der Waals surface area contributed by atoms with Crippen LogP contribution in [0.15, 0.2) is 0 Å². The third-order valence-electron chi connectivity index (χ3n) is 4.65. The summed E-state index contributed by atoms with van der Waals surface area (Å²) in [5.41, 5.74) is -1.09. The second-order valence-electron chi connectivity index (χ2n) is 10.9. The van der Waals surface area contributed by atoms with E-state index in [9.17, 15) is 19.2 Å². The fourth-order valence-electron chi connectivity index (χ4n) is 2.96. The van der Waals surface area contributed by atoms with E-state index in [2.05, 4.69) is 28.6 Å². The van der Waals surface area contributed by atoms with Gasteiger partial charge < -0.3 is 30.5 Å². The number of carboxylic acid groups (broad SMARTS) is 1. The topological polar surface area (TPSA) is 143 Å². The van der Waals surface area contributed by atoms with Gasteiger partial charge in [-0.15, -0.1) is 0 Å². The number of aliphatic carboxylic acids is 1. The molecule has 35 heavy (non-hydrogen) atoms. The summed E-state index contributed by atoms with van der Waals surface area (Å²) >= 11 is 4.54. The number of hydrogen-bond donors (Lipinski definition) is 5. The Kier molecular flexibility index (Phi) is 14.3. The maximum Gasteiger partial charge on any atom is 0.407 e. The molecule has 0 aromatic carbocycles. The highest BCUT2D eigenvalue weighted by molar-refractivity contribution is 7.81. The van der Waals surface area contributed by atoms with Crippen molar-refractivity contribution in [3.05, 3.63) is 0 Å². The highest BCUT2D eigenvalue weighted by Gasteiger charge is 2.27. The second-order valence-corrected chi connectivity index (χ2v) is 12.0. The van der Waals surface area contributed by atoms with Gasteiger partial charge in [-0.2, -0.15) is 12.6 Å². The summed E-state index contributed by atoms with van der Waals surface area (Å²) in [6.07, 6.45) is 0.277. The van der Waals surface area contributed by atoms with Crippen molar-refractivity contribution in [1.29, 1.82) is 0 Å². The Morgan fingerprint density at radius 1 is 0.971 bits per heavy atom. The molecule has 0 spiro atoms. The van der Waals surface area contributed by atoms with Crippen molar-refractivity contribution in [2.24, 2.45) is 5.41 Å². The Bertz CT molecular complexity index is 706. The zero-order valence-electron chi connectivity index (χ0n) is 22.3. The Morgan fingerprint density at radius 3 is 2.14 bits per heavy atom. The molecule has 0 heterocycles. The van der Waals surface area contributed by atoms with Crippen LogP contribution in [0.1, 0.15) is 80.6 Å². The van der Waals surface area contributed by atoms with Gasteiger partial charge in [0.25, 0.3) is 0 Å². The first-order valence-electron chi connectivity index (χ1n) is 12.0. The molecule has 1 unspecified atom stereocenters. The molecule has 0 saturated heterocycles. The normalized spacial score (nSPS) is 14.4. The number of carbonyl (C=O) groups excluding carboxylic acids is 3. The summed E-state index contributed by atoms with van der Waals surface area (Å²) in [7, 11) is 0. The lowest BCUT2D eigenvalue weighted by Gasteiger charge is -2.28. The number of carbonyl (C=O) groups is 4. The van der Waals surface area contributed by atoms with Gasteiger partial charge >= 0.3 is 12.1 Å². The molecule has 3 amide bonds. The molecule has 0 rings (SSSR count). The van der Waals surface area contributed by atoms with Crippen molar-refractivity contribution in [3.8, 4) is 0 Å². The average Bonchev–Trinajstić information content (AvgIpc) is 2.66. The van der Waals surface area contributed by atoms with E-state index in [0.29, 0.717) is 19.7 Å². The van der Waals surface area contributed by atoms with Gasteiger partial charge in [0.05, 0.1) is 19.6 Å². The Balaban J connectivity index is 4.50. The highest BCUT2D eigenvalue weighted by atomic mass is 32.1. The van der Waals surface area contributed by atoms with Crippen molar-refractivity contribution in [1.82, 2.24) is 16.0 Å². The largest absolute Gasteiger partial charge is 0.481 e. The van der Waals surface area contributed by atoms with E-state index in [0.717, 1.165) is 6.42 Å². The van der Waals surface area contributed by atoms with Crippen LogP contribution in [0.2, 0.25) is 0 Å². The van der Waals surface area contributed by atoms with E-state index in [-0.39, 0.29) is 49.5 Å².